The number of anilines is 1. The van der Waals surface area contributed by atoms with Crippen LogP contribution in [-0.2, 0) is 20.7 Å². The summed E-state index contributed by atoms with van der Waals surface area (Å²) in [7, 11) is 1.32. The summed E-state index contributed by atoms with van der Waals surface area (Å²) in [6, 6.07) is 12.1. The van der Waals surface area contributed by atoms with Crippen LogP contribution in [-0.4, -0.2) is 42.0 Å². The predicted molar refractivity (Wildman–Crippen MR) is 119 cm³/mol. The van der Waals surface area contributed by atoms with Crippen LogP contribution in [0.5, 0.6) is 5.75 Å². The molecule has 0 unspecified atom stereocenters. The molecule has 2 N–H and O–H groups in total. The lowest BCUT2D eigenvalue weighted by molar-refractivity contribution is -0.142. The van der Waals surface area contributed by atoms with Gasteiger partial charge in [0.1, 0.15) is 5.75 Å². The van der Waals surface area contributed by atoms with E-state index in [0.717, 1.165) is 0 Å². The molecule has 0 radical (unpaired) electrons. The van der Waals surface area contributed by atoms with E-state index in [-0.39, 0.29) is 18.1 Å². The monoisotopic (exact) mass is 439 g/mol. The average Bonchev–Trinajstić information content (AvgIpc) is 3.21. The zero-order chi connectivity index (χ0) is 22.2. The quantitative estimate of drug-likeness (QED) is 0.312. The van der Waals surface area contributed by atoms with E-state index in [2.05, 4.69) is 15.5 Å². The number of nitrogens with zero attached hydrogens (tertiary/aromatic N) is 2. The molecule has 160 valence electrons. The Morgan fingerprint density at radius 1 is 1.26 bits per heavy atom. The lowest BCUT2D eigenvalue weighted by atomic mass is 10.00. The van der Waals surface area contributed by atoms with Gasteiger partial charge in [-0.25, -0.2) is 9.78 Å². The maximum Gasteiger partial charge on any atom is 0.337 e. The Morgan fingerprint density at radius 3 is 2.84 bits per heavy atom. The lowest BCUT2D eigenvalue weighted by Crippen LogP contribution is -2.07. The number of aromatic nitrogens is 1. The Balaban J connectivity index is 1.72. The van der Waals surface area contributed by atoms with Gasteiger partial charge in [-0.3, -0.25) is 10.2 Å². The van der Waals surface area contributed by atoms with Gasteiger partial charge in [0, 0.05) is 16.5 Å². The van der Waals surface area contributed by atoms with Crippen molar-refractivity contribution in [2.75, 3.05) is 19.1 Å². The summed E-state index contributed by atoms with van der Waals surface area (Å²) in [4.78, 5) is 27.6. The summed E-state index contributed by atoms with van der Waals surface area (Å²) in [5.74, 6) is -0.757. The van der Waals surface area contributed by atoms with E-state index in [9.17, 15) is 14.7 Å². The van der Waals surface area contributed by atoms with Gasteiger partial charge in [0.05, 0.1) is 37.6 Å². The van der Waals surface area contributed by atoms with Gasteiger partial charge >= 0.3 is 11.9 Å². The van der Waals surface area contributed by atoms with E-state index < -0.39 is 5.97 Å². The molecule has 0 atom stereocenters. The molecule has 3 rings (SSSR count). The van der Waals surface area contributed by atoms with Crippen molar-refractivity contribution < 1.29 is 24.2 Å². The normalized spacial score (nSPS) is 10.8. The molecule has 0 fully saturated rings. The summed E-state index contributed by atoms with van der Waals surface area (Å²) in [6.45, 7) is 2.08. The van der Waals surface area contributed by atoms with E-state index in [4.69, 9.17) is 9.47 Å². The third kappa shape index (κ3) is 5.67. The number of ether oxygens (including phenoxy) is 2. The van der Waals surface area contributed by atoms with Crippen LogP contribution in [0.2, 0.25) is 0 Å². The Morgan fingerprint density at radius 2 is 2.06 bits per heavy atom. The number of aromatic hydroxyl groups is 1. The number of methoxy groups -OCH3 is 1. The van der Waals surface area contributed by atoms with E-state index in [1.54, 1.807) is 54.8 Å². The number of carbonyl (C=O) groups excluding carboxylic acids is 2. The number of carbonyl (C=O) groups is 2. The highest BCUT2D eigenvalue weighted by molar-refractivity contribution is 7.13. The topological polar surface area (TPSA) is 110 Å². The van der Waals surface area contributed by atoms with Crippen molar-refractivity contribution in [3.05, 3.63) is 64.7 Å². The van der Waals surface area contributed by atoms with Gasteiger partial charge < -0.3 is 14.6 Å². The first-order valence-corrected chi connectivity index (χ1v) is 10.3. The first-order valence-electron chi connectivity index (χ1n) is 9.41. The molecule has 0 aliphatic rings. The number of phenolic OH excluding ortho intramolecular Hbond substituents is 1. The number of phenols is 1. The van der Waals surface area contributed by atoms with Gasteiger partial charge in [-0.1, -0.05) is 24.3 Å². The third-order valence-corrected chi connectivity index (χ3v) is 5.00. The summed E-state index contributed by atoms with van der Waals surface area (Å²) >= 11 is 1.31. The second kappa shape index (κ2) is 10.4. The van der Waals surface area contributed by atoms with Crippen LogP contribution in [0, 0.1) is 0 Å². The molecule has 8 nitrogen and oxygen atoms in total. The first-order chi connectivity index (χ1) is 15.0. The molecule has 1 heterocycles. The molecule has 31 heavy (non-hydrogen) atoms. The van der Waals surface area contributed by atoms with Crippen molar-refractivity contribution in [1.29, 1.82) is 0 Å². The van der Waals surface area contributed by atoms with E-state index in [1.807, 2.05) is 0 Å². The highest BCUT2D eigenvalue weighted by atomic mass is 32.1. The minimum atomic E-state index is -0.450. The number of nitrogens with one attached hydrogen (secondary N) is 1. The van der Waals surface area contributed by atoms with Crippen molar-refractivity contribution in [2.45, 2.75) is 13.3 Å². The molecule has 0 aliphatic heterocycles. The maximum absolute atomic E-state index is 11.8. The highest BCUT2D eigenvalue weighted by Gasteiger charge is 2.12. The molecule has 0 saturated carbocycles. The second-order valence-electron chi connectivity index (χ2n) is 6.31. The van der Waals surface area contributed by atoms with Crippen LogP contribution in [0.25, 0.3) is 11.1 Å². The minimum Gasteiger partial charge on any atom is -0.507 e. The molecule has 3 aromatic rings. The van der Waals surface area contributed by atoms with Crippen LogP contribution < -0.4 is 5.43 Å². The third-order valence-electron chi connectivity index (χ3n) is 4.21. The van der Waals surface area contributed by atoms with E-state index in [1.165, 1.54) is 24.7 Å². The van der Waals surface area contributed by atoms with Gasteiger partial charge in [0.15, 0.2) is 0 Å². The Bertz CT molecular complexity index is 1110. The number of thiazole rings is 1. The maximum atomic E-state index is 11.8. The number of hydrazone groups is 1. The first kappa shape index (κ1) is 22.0. The zero-order valence-electron chi connectivity index (χ0n) is 17.0. The smallest absolute Gasteiger partial charge is 0.337 e. The van der Waals surface area contributed by atoms with Crippen molar-refractivity contribution in [3.8, 4) is 16.9 Å². The molecule has 0 saturated heterocycles. The lowest BCUT2D eigenvalue weighted by Gasteiger charge is -2.08. The summed E-state index contributed by atoms with van der Waals surface area (Å²) in [5.41, 5.74) is 5.49. The standard InChI is InChI=1S/C22H21N3O5S/c1-3-30-19(26)11-17-13-31-22(24-17)25-23-12-16-8-5-9-18(20(16)27)14-6-4-7-15(10-14)21(28)29-2/h4-10,12-13,27H,3,11H2,1-2H3,(H,24,25). The Kier molecular flexibility index (Phi) is 7.34. The molecular formula is C22H21N3O5S. The Labute approximate surface area is 183 Å². The number of para-hydroxylation sites is 1. The average molecular weight is 439 g/mol. The highest BCUT2D eigenvalue weighted by Crippen LogP contribution is 2.32. The van der Waals surface area contributed by atoms with Crippen molar-refractivity contribution >= 4 is 34.6 Å². The van der Waals surface area contributed by atoms with Crippen LogP contribution in [0.15, 0.2) is 52.9 Å². The number of hydrogen-bond acceptors (Lipinski definition) is 9. The summed E-state index contributed by atoms with van der Waals surface area (Å²) in [5, 5.41) is 17.1. The van der Waals surface area contributed by atoms with Crippen LogP contribution in [0.3, 0.4) is 0 Å². The van der Waals surface area contributed by atoms with Gasteiger partial charge in [0.25, 0.3) is 0 Å². The van der Waals surface area contributed by atoms with Crippen molar-refractivity contribution in [1.82, 2.24) is 4.98 Å². The fraction of sp³-hybridized carbons (Fsp3) is 0.182. The molecule has 0 spiro atoms. The second-order valence-corrected chi connectivity index (χ2v) is 7.17. The Hall–Kier alpha value is -3.72. The van der Waals surface area contributed by atoms with Crippen LogP contribution in [0.1, 0.15) is 28.5 Å². The summed E-state index contributed by atoms with van der Waals surface area (Å²) in [6.07, 6.45) is 1.57. The number of rotatable bonds is 8. The molecule has 0 amide bonds. The van der Waals surface area contributed by atoms with Gasteiger partial charge in [-0.2, -0.15) is 5.10 Å². The van der Waals surface area contributed by atoms with Gasteiger partial charge in [0.2, 0.25) is 5.13 Å². The van der Waals surface area contributed by atoms with E-state index in [0.29, 0.717) is 39.7 Å². The van der Waals surface area contributed by atoms with Gasteiger partial charge in [-0.15, -0.1) is 11.3 Å². The molecular weight excluding hydrogens is 418 g/mol. The fourth-order valence-corrected chi connectivity index (χ4v) is 3.45. The van der Waals surface area contributed by atoms with Gasteiger partial charge in [-0.05, 0) is 30.7 Å². The molecule has 9 heteroatoms. The van der Waals surface area contributed by atoms with Crippen molar-refractivity contribution in [2.24, 2.45) is 5.10 Å². The molecule has 1 aromatic heterocycles. The van der Waals surface area contributed by atoms with Crippen LogP contribution >= 0.6 is 11.3 Å². The zero-order valence-corrected chi connectivity index (χ0v) is 17.8. The fourth-order valence-electron chi connectivity index (χ4n) is 2.79. The van der Waals surface area contributed by atoms with E-state index >= 15 is 0 Å². The SMILES string of the molecule is CCOC(=O)Cc1csc(NN=Cc2cccc(-c3cccc(C(=O)OC)c3)c2O)n1. The molecule has 0 aliphatic carbocycles. The number of esters is 2. The number of benzene rings is 2. The number of hydrogen-bond donors (Lipinski definition) is 2. The summed E-state index contributed by atoms with van der Waals surface area (Å²) < 4.78 is 9.65. The van der Waals surface area contributed by atoms with Crippen molar-refractivity contribution in [3.63, 3.8) is 0 Å². The minimum absolute atomic E-state index is 0.0252. The molecule has 0 bridgehead atoms. The largest absolute Gasteiger partial charge is 0.507 e. The predicted octanol–water partition coefficient (Wildman–Crippen LogP) is 3.85. The van der Waals surface area contributed by atoms with Crippen LogP contribution in [0.4, 0.5) is 5.13 Å². The molecule has 2 aromatic carbocycles.